The number of sulfonamides is 1. The molecule has 0 saturated heterocycles. The first-order chi connectivity index (χ1) is 7.80. The summed E-state index contributed by atoms with van der Waals surface area (Å²) in [5, 5.41) is 8.89. The Labute approximate surface area is 103 Å². The molecule has 0 heterocycles. The first-order valence-corrected chi connectivity index (χ1v) is 7.03. The Morgan fingerprint density at radius 2 is 1.76 bits per heavy atom. The van der Waals surface area contributed by atoms with Crippen molar-refractivity contribution in [3.05, 3.63) is 29.8 Å². The van der Waals surface area contributed by atoms with Crippen LogP contribution in [0.15, 0.2) is 29.2 Å². The van der Waals surface area contributed by atoms with Crippen LogP contribution in [0.1, 0.15) is 32.8 Å². The molecule has 17 heavy (non-hydrogen) atoms. The lowest BCUT2D eigenvalue weighted by Crippen LogP contribution is -2.42. The van der Waals surface area contributed by atoms with Crippen LogP contribution in [0.4, 0.5) is 0 Å². The minimum Gasteiger partial charge on any atom is -0.392 e. The Morgan fingerprint density at radius 3 is 2.18 bits per heavy atom. The summed E-state index contributed by atoms with van der Waals surface area (Å²) in [6.45, 7) is 5.52. The maximum atomic E-state index is 12.0. The third kappa shape index (κ3) is 3.80. The van der Waals surface area contributed by atoms with Crippen molar-refractivity contribution in [3.8, 4) is 0 Å². The van der Waals surface area contributed by atoms with Gasteiger partial charge < -0.3 is 5.11 Å². The summed E-state index contributed by atoms with van der Waals surface area (Å²) in [6.07, 6.45) is 0.709. The molecule has 0 aliphatic heterocycles. The summed E-state index contributed by atoms with van der Waals surface area (Å²) in [5.74, 6) is 0. The van der Waals surface area contributed by atoms with Gasteiger partial charge in [-0.1, -0.05) is 19.1 Å². The lowest BCUT2D eigenvalue weighted by molar-refractivity contribution is 0.281. The molecule has 0 aliphatic rings. The summed E-state index contributed by atoms with van der Waals surface area (Å²) >= 11 is 0. The van der Waals surface area contributed by atoms with Crippen molar-refractivity contribution < 1.29 is 13.5 Å². The topological polar surface area (TPSA) is 66.4 Å². The molecule has 0 unspecified atom stereocenters. The number of nitrogens with one attached hydrogen (secondary N) is 1. The van der Waals surface area contributed by atoms with Crippen LogP contribution < -0.4 is 4.72 Å². The second-order valence-corrected chi connectivity index (χ2v) is 6.33. The summed E-state index contributed by atoms with van der Waals surface area (Å²) in [5.41, 5.74) is 0.229. The second-order valence-electron chi connectivity index (χ2n) is 4.65. The van der Waals surface area contributed by atoms with Gasteiger partial charge in [-0.15, -0.1) is 0 Å². The summed E-state index contributed by atoms with van der Waals surface area (Å²) in [4.78, 5) is 0.219. The maximum Gasteiger partial charge on any atom is 0.241 e. The highest BCUT2D eigenvalue weighted by atomic mass is 32.2. The molecular weight excluding hydrogens is 238 g/mol. The van der Waals surface area contributed by atoms with E-state index >= 15 is 0 Å². The number of rotatable bonds is 5. The van der Waals surface area contributed by atoms with E-state index in [9.17, 15) is 8.42 Å². The highest BCUT2D eigenvalue weighted by Gasteiger charge is 2.24. The summed E-state index contributed by atoms with van der Waals surface area (Å²) < 4.78 is 26.7. The van der Waals surface area contributed by atoms with Gasteiger partial charge in [0.1, 0.15) is 0 Å². The van der Waals surface area contributed by atoms with E-state index in [-0.39, 0.29) is 11.5 Å². The van der Waals surface area contributed by atoms with Gasteiger partial charge >= 0.3 is 0 Å². The smallest absolute Gasteiger partial charge is 0.241 e. The molecule has 2 N–H and O–H groups in total. The molecule has 0 atom stereocenters. The molecule has 1 aromatic carbocycles. The number of hydrogen-bond donors (Lipinski definition) is 2. The van der Waals surface area contributed by atoms with Crippen LogP contribution in [0.3, 0.4) is 0 Å². The van der Waals surface area contributed by atoms with Crippen LogP contribution >= 0.6 is 0 Å². The van der Waals surface area contributed by atoms with Crippen molar-refractivity contribution in [1.82, 2.24) is 4.72 Å². The van der Waals surface area contributed by atoms with Crippen molar-refractivity contribution >= 4 is 10.0 Å². The van der Waals surface area contributed by atoms with Crippen molar-refractivity contribution in [1.29, 1.82) is 0 Å². The molecule has 0 spiro atoms. The molecular formula is C12H19NO3S. The van der Waals surface area contributed by atoms with Crippen molar-refractivity contribution in [2.24, 2.45) is 0 Å². The molecule has 0 bridgehead atoms. The molecule has 0 fully saturated rings. The molecule has 0 saturated carbocycles. The zero-order chi connectivity index (χ0) is 13.1. The predicted octanol–water partition coefficient (Wildman–Crippen LogP) is 1.65. The molecule has 4 nitrogen and oxygen atoms in total. The largest absolute Gasteiger partial charge is 0.392 e. The lowest BCUT2D eigenvalue weighted by Gasteiger charge is -2.24. The highest BCUT2D eigenvalue weighted by molar-refractivity contribution is 7.89. The van der Waals surface area contributed by atoms with Crippen molar-refractivity contribution in [2.75, 3.05) is 0 Å². The summed E-state index contributed by atoms with van der Waals surface area (Å²) in [6, 6.07) is 6.21. The van der Waals surface area contributed by atoms with Gasteiger partial charge in [-0.2, -0.15) is 0 Å². The molecule has 96 valence electrons. The van der Waals surface area contributed by atoms with Crippen LogP contribution in [0, 0.1) is 0 Å². The van der Waals surface area contributed by atoms with E-state index in [2.05, 4.69) is 4.72 Å². The Hall–Kier alpha value is -0.910. The average Bonchev–Trinajstić information content (AvgIpc) is 2.28. The fraction of sp³-hybridized carbons (Fsp3) is 0.500. The molecule has 0 aliphatic carbocycles. The molecule has 0 amide bonds. The number of aliphatic hydroxyl groups excluding tert-OH is 1. The third-order valence-corrected chi connectivity index (χ3v) is 4.42. The van der Waals surface area contributed by atoms with Gasteiger partial charge in [0.2, 0.25) is 10.0 Å². The van der Waals surface area contributed by atoms with Gasteiger partial charge in [0.15, 0.2) is 0 Å². The van der Waals surface area contributed by atoms with E-state index < -0.39 is 15.6 Å². The second kappa shape index (κ2) is 5.16. The van der Waals surface area contributed by atoms with Gasteiger partial charge in [-0.3, -0.25) is 0 Å². The minimum atomic E-state index is -3.49. The Bertz CT molecular complexity index is 463. The van der Waals surface area contributed by atoms with Crippen molar-refractivity contribution in [3.63, 3.8) is 0 Å². The molecule has 0 radical (unpaired) electrons. The standard InChI is InChI=1S/C12H19NO3S/c1-4-12(2,3)13-17(15,16)11-7-5-10(9-14)6-8-11/h5-8,13-14H,4,9H2,1-3H3. The van der Waals surface area contributed by atoms with Gasteiger partial charge in [-0.05, 0) is 38.0 Å². The van der Waals surface area contributed by atoms with Crippen LogP contribution in [-0.2, 0) is 16.6 Å². The third-order valence-electron chi connectivity index (χ3n) is 2.71. The lowest BCUT2D eigenvalue weighted by atomic mass is 10.0. The van der Waals surface area contributed by atoms with Gasteiger partial charge in [-0.25, -0.2) is 13.1 Å². The highest BCUT2D eigenvalue weighted by Crippen LogP contribution is 2.16. The quantitative estimate of drug-likeness (QED) is 0.843. The predicted molar refractivity (Wildman–Crippen MR) is 67.1 cm³/mol. The Kier molecular flexibility index (Phi) is 4.30. The molecule has 1 aromatic rings. The number of benzene rings is 1. The van der Waals surface area contributed by atoms with Crippen LogP contribution in [0.25, 0.3) is 0 Å². The van der Waals surface area contributed by atoms with E-state index in [0.29, 0.717) is 12.0 Å². The zero-order valence-corrected chi connectivity index (χ0v) is 11.2. The van der Waals surface area contributed by atoms with Crippen molar-refractivity contribution in [2.45, 2.75) is 44.2 Å². The normalized spacial score (nSPS) is 12.7. The SMILES string of the molecule is CCC(C)(C)NS(=O)(=O)c1ccc(CO)cc1. The molecule has 1 rings (SSSR count). The van der Waals surface area contributed by atoms with Gasteiger partial charge in [0, 0.05) is 5.54 Å². The maximum absolute atomic E-state index is 12.0. The van der Waals surface area contributed by atoms with Gasteiger partial charge in [0.25, 0.3) is 0 Å². The first kappa shape index (κ1) is 14.2. The van der Waals surface area contributed by atoms with Crippen LogP contribution in [0.5, 0.6) is 0 Å². The van der Waals surface area contributed by atoms with E-state index in [1.807, 2.05) is 20.8 Å². The number of aliphatic hydroxyl groups is 1. The van der Waals surface area contributed by atoms with E-state index in [1.165, 1.54) is 12.1 Å². The minimum absolute atomic E-state index is 0.0891. The number of hydrogen-bond acceptors (Lipinski definition) is 3. The first-order valence-electron chi connectivity index (χ1n) is 5.54. The fourth-order valence-electron chi connectivity index (χ4n) is 1.27. The monoisotopic (exact) mass is 257 g/mol. The Balaban J connectivity index is 2.97. The Morgan fingerprint density at radius 1 is 1.24 bits per heavy atom. The van der Waals surface area contributed by atoms with Crippen LogP contribution in [0.2, 0.25) is 0 Å². The molecule has 0 aromatic heterocycles. The summed E-state index contributed by atoms with van der Waals surface area (Å²) in [7, 11) is -3.49. The van der Waals surface area contributed by atoms with Crippen LogP contribution in [-0.4, -0.2) is 19.1 Å². The van der Waals surface area contributed by atoms with E-state index in [0.717, 1.165) is 0 Å². The zero-order valence-electron chi connectivity index (χ0n) is 10.4. The van der Waals surface area contributed by atoms with E-state index in [4.69, 9.17) is 5.11 Å². The molecule has 5 heteroatoms. The van der Waals surface area contributed by atoms with E-state index in [1.54, 1.807) is 12.1 Å². The van der Waals surface area contributed by atoms with Gasteiger partial charge in [0.05, 0.1) is 11.5 Å². The average molecular weight is 257 g/mol. The fourth-order valence-corrected chi connectivity index (χ4v) is 2.75.